The minimum absolute atomic E-state index is 0.0868. The number of hydrogen-bond acceptors (Lipinski definition) is 4. The van der Waals surface area contributed by atoms with Gasteiger partial charge in [0.05, 0.1) is 19.3 Å². The van der Waals surface area contributed by atoms with Crippen LogP contribution in [0.3, 0.4) is 0 Å². The van der Waals surface area contributed by atoms with Gasteiger partial charge in [0.25, 0.3) is 5.56 Å². The van der Waals surface area contributed by atoms with E-state index in [1.165, 1.54) is 0 Å². The van der Waals surface area contributed by atoms with E-state index in [0.717, 1.165) is 16.3 Å². The summed E-state index contributed by atoms with van der Waals surface area (Å²) in [4.78, 5) is 17.1. The molecule has 2 aromatic carbocycles. The molecule has 4 aromatic rings. The van der Waals surface area contributed by atoms with Gasteiger partial charge in [0, 0.05) is 6.54 Å². The van der Waals surface area contributed by atoms with Crippen molar-refractivity contribution in [2.75, 3.05) is 6.54 Å². The summed E-state index contributed by atoms with van der Waals surface area (Å²) < 4.78 is 3.29. The molecule has 0 aliphatic rings. The van der Waals surface area contributed by atoms with Gasteiger partial charge < -0.3 is 5.73 Å². The summed E-state index contributed by atoms with van der Waals surface area (Å²) in [7, 11) is 0. The molecule has 120 valence electrons. The topological polar surface area (TPSA) is 78.7 Å². The van der Waals surface area contributed by atoms with Gasteiger partial charge in [0.1, 0.15) is 11.7 Å². The van der Waals surface area contributed by atoms with Crippen molar-refractivity contribution in [3.63, 3.8) is 0 Å². The van der Waals surface area contributed by atoms with Gasteiger partial charge in [-0.1, -0.05) is 42.5 Å². The highest BCUT2D eigenvalue weighted by Gasteiger charge is 2.10. The van der Waals surface area contributed by atoms with Gasteiger partial charge in [-0.2, -0.15) is 5.10 Å². The van der Waals surface area contributed by atoms with Crippen LogP contribution in [0.1, 0.15) is 5.56 Å². The van der Waals surface area contributed by atoms with Crippen LogP contribution in [-0.4, -0.2) is 25.9 Å². The Hall–Kier alpha value is -2.99. The third kappa shape index (κ3) is 2.37. The maximum atomic E-state index is 12.7. The lowest BCUT2D eigenvalue weighted by Gasteiger charge is -2.09. The van der Waals surface area contributed by atoms with Gasteiger partial charge in [-0.25, -0.2) is 9.67 Å². The Kier molecular flexibility index (Phi) is 3.59. The molecule has 4 rings (SSSR count). The maximum Gasteiger partial charge on any atom is 0.264 e. The van der Waals surface area contributed by atoms with Crippen molar-refractivity contribution in [2.45, 2.75) is 13.1 Å². The van der Waals surface area contributed by atoms with Crippen molar-refractivity contribution in [2.24, 2.45) is 5.73 Å². The Bertz CT molecular complexity index is 1070. The molecule has 0 aliphatic carbocycles. The SMILES string of the molecule is NCCn1ncc2c(=O)n(Cc3cccc4ccccc34)cnc21. The monoisotopic (exact) mass is 319 g/mol. The lowest BCUT2D eigenvalue weighted by atomic mass is 10.0. The quantitative estimate of drug-likeness (QED) is 0.621. The van der Waals surface area contributed by atoms with Crippen LogP contribution in [0.2, 0.25) is 0 Å². The van der Waals surface area contributed by atoms with E-state index in [2.05, 4.69) is 28.3 Å². The van der Waals surface area contributed by atoms with E-state index in [9.17, 15) is 4.79 Å². The summed E-state index contributed by atoms with van der Waals surface area (Å²) in [5.74, 6) is 0. The number of benzene rings is 2. The predicted octanol–water partition coefficient (Wildman–Crippen LogP) is 1.75. The highest BCUT2D eigenvalue weighted by Crippen LogP contribution is 2.19. The van der Waals surface area contributed by atoms with Crippen LogP contribution in [0.4, 0.5) is 0 Å². The summed E-state index contributed by atoms with van der Waals surface area (Å²) in [6.07, 6.45) is 3.15. The Balaban J connectivity index is 1.79. The minimum atomic E-state index is -0.0868. The third-order valence-corrected chi connectivity index (χ3v) is 4.18. The lowest BCUT2D eigenvalue weighted by Crippen LogP contribution is -2.21. The number of fused-ring (bicyclic) bond motifs is 2. The number of rotatable bonds is 4. The first kappa shape index (κ1) is 14.6. The highest BCUT2D eigenvalue weighted by molar-refractivity contribution is 5.85. The zero-order chi connectivity index (χ0) is 16.5. The summed E-state index contributed by atoms with van der Waals surface area (Å²) >= 11 is 0. The molecule has 0 saturated carbocycles. The fourth-order valence-corrected chi connectivity index (χ4v) is 3.01. The first-order valence-electron chi connectivity index (χ1n) is 7.85. The van der Waals surface area contributed by atoms with Gasteiger partial charge >= 0.3 is 0 Å². The van der Waals surface area contributed by atoms with Gasteiger partial charge in [0.2, 0.25) is 0 Å². The highest BCUT2D eigenvalue weighted by atomic mass is 16.1. The average molecular weight is 319 g/mol. The normalized spacial score (nSPS) is 11.4. The van der Waals surface area contributed by atoms with E-state index >= 15 is 0 Å². The Morgan fingerprint density at radius 3 is 2.75 bits per heavy atom. The van der Waals surface area contributed by atoms with Crippen LogP contribution in [-0.2, 0) is 13.1 Å². The van der Waals surface area contributed by atoms with E-state index in [1.807, 2.05) is 24.3 Å². The molecule has 0 unspecified atom stereocenters. The molecule has 0 fully saturated rings. The molecule has 2 aromatic heterocycles. The van der Waals surface area contributed by atoms with Crippen molar-refractivity contribution >= 4 is 21.8 Å². The van der Waals surface area contributed by atoms with E-state index in [4.69, 9.17) is 5.73 Å². The minimum Gasteiger partial charge on any atom is -0.329 e. The molecule has 0 amide bonds. The Labute approximate surface area is 138 Å². The zero-order valence-corrected chi connectivity index (χ0v) is 13.1. The van der Waals surface area contributed by atoms with Crippen LogP contribution in [0.15, 0.2) is 59.8 Å². The maximum absolute atomic E-state index is 12.7. The molecule has 2 heterocycles. The number of aromatic nitrogens is 4. The first-order chi connectivity index (χ1) is 11.8. The first-order valence-corrected chi connectivity index (χ1v) is 7.85. The van der Waals surface area contributed by atoms with E-state index in [1.54, 1.807) is 21.8 Å². The van der Waals surface area contributed by atoms with E-state index in [0.29, 0.717) is 30.7 Å². The molecule has 0 saturated heterocycles. The average Bonchev–Trinajstić information content (AvgIpc) is 3.02. The summed E-state index contributed by atoms with van der Waals surface area (Å²) in [5.41, 5.74) is 7.15. The van der Waals surface area contributed by atoms with Gasteiger partial charge in [-0.15, -0.1) is 0 Å². The summed E-state index contributed by atoms with van der Waals surface area (Å²) in [6, 6.07) is 14.3. The molecule has 0 bridgehead atoms. The number of nitrogens with zero attached hydrogens (tertiary/aromatic N) is 4. The second-order valence-corrected chi connectivity index (χ2v) is 5.71. The Morgan fingerprint density at radius 1 is 1.04 bits per heavy atom. The van der Waals surface area contributed by atoms with Crippen LogP contribution >= 0.6 is 0 Å². The van der Waals surface area contributed by atoms with Crippen LogP contribution in [0, 0.1) is 0 Å². The zero-order valence-electron chi connectivity index (χ0n) is 13.1. The molecule has 24 heavy (non-hydrogen) atoms. The molecule has 2 N–H and O–H groups in total. The molecule has 6 nitrogen and oxygen atoms in total. The number of nitrogens with two attached hydrogens (primary N) is 1. The Morgan fingerprint density at radius 2 is 1.88 bits per heavy atom. The number of hydrogen-bond donors (Lipinski definition) is 1. The fourth-order valence-electron chi connectivity index (χ4n) is 3.01. The summed E-state index contributed by atoms with van der Waals surface area (Å²) in [5, 5.41) is 7.03. The smallest absolute Gasteiger partial charge is 0.264 e. The molecular formula is C18H17N5O. The lowest BCUT2D eigenvalue weighted by molar-refractivity contribution is 0.637. The van der Waals surface area contributed by atoms with Crippen molar-refractivity contribution in [1.82, 2.24) is 19.3 Å². The molecule has 0 spiro atoms. The predicted molar refractivity (Wildman–Crippen MR) is 93.9 cm³/mol. The fraction of sp³-hybridized carbons (Fsp3) is 0.167. The van der Waals surface area contributed by atoms with Crippen molar-refractivity contribution < 1.29 is 0 Å². The molecule has 0 radical (unpaired) electrons. The molecule has 6 heteroatoms. The van der Waals surface area contributed by atoms with Gasteiger partial charge in [-0.3, -0.25) is 9.36 Å². The molecule has 0 aliphatic heterocycles. The van der Waals surface area contributed by atoms with Gasteiger partial charge in [-0.05, 0) is 16.3 Å². The van der Waals surface area contributed by atoms with Crippen molar-refractivity contribution in [3.8, 4) is 0 Å². The van der Waals surface area contributed by atoms with Crippen LogP contribution in [0.5, 0.6) is 0 Å². The van der Waals surface area contributed by atoms with E-state index in [-0.39, 0.29) is 5.56 Å². The summed E-state index contributed by atoms with van der Waals surface area (Å²) in [6.45, 7) is 1.48. The largest absolute Gasteiger partial charge is 0.329 e. The molecule has 0 atom stereocenters. The van der Waals surface area contributed by atoms with Crippen molar-refractivity contribution in [3.05, 3.63) is 70.9 Å². The van der Waals surface area contributed by atoms with Crippen molar-refractivity contribution in [1.29, 1.82) is 0 Å². The molecular weight excluding hydrogens is 302 g/mol. The standard InChI is InChI=1S/C18H17N5O/c19-8-9-23-17-16(10-21-23)18(24)22(12-20-17)11-14-6-3-5-13-4-1-2-7-15(13)14/h1-7,10,12H,8-9,11,19H2. The second kappa shape index (κ2) is 5.90. The van der Waals surface area contributed by atoms with E-state index < -0.39 is 0 Å². The van der Waals surface area contributed by atoms with Gasteiger partial charge in [0.15, 0.2) is 5.65 Å². The van der Waals surface area contributed by atoms with Crippen LogP contribution in [0.25, 0.3) is 21.8 Å². The second-order valence-electron chi connectivity index (χ2n) is 5.71. The third-order valence-electron chi connectivity index (χ3n) is 4.18. The van der Waals surface area contributed by atoms with Crippen LogP contribution < -0.4 is 11.3 Å².